The van der Waals surface area contributed by atoms with E-state index in [0.717, 1.165) is 10.6 Å². The highest BCUT2D eigenvalue weighted by Crippen LogP contribution is 2.35. The van der Waals surface area contributed by atoms with Crippen LogP contribution < -0.4 is 17.0 Å². The van der Waals surface area contributed by atoms with Gasteiger partial charge < -0.3 is 20.7 Å². The van der Waals surface area contributed by atoms with Crippen molar-refractivity contribution in [2.75, 3.05) is 6.61 Å². The molecule has 0 saturated carbocycles. The zero-order chi connectivity index (χ0) is 13.5. The number of aromatic nitrogens is 2. The lowest BCUT2D eigenvalue weighted by Crippen LogP contribution is -2.53. The number of hydrogen-bond acceptors (Lipinski definition) is 6. The molecule has 1 unspecified atom stereocenters. The summed E-state index contributed by atoms with van der Waals surface area (Å²) in [7, 11) is 0. The molecule has 1 saturated heterocycles. The normalized spacial score (nSPS) is 35.9. The lowest BCUT2D eigenvalue weighted by molar-refractivity contribution is -0.0487. The molecule has 4 atom stereocenters. The molecular weight excluding hydrogens is 242 g/mol. The summed E-state index contributed by atoms with van der Waals surface area (Å²) < 4.78 is 6.44. The second kappa shape index (κ2) is 4.32. The summed E-state index contributed by atoms with van der Waals surface area (Å²) in [6.07, 6.45) is -1.71. The quantitative estimate of drug-likeness (QED) is 0.463. The highest BCUT2D eigenvalue weighted by molar-refractivity contribution is 5.03. The Hall–Kier alpha value is -1.48. The third kappa shape index (κ3) is 1.89. The van der Waals surface area contributed by atoms with Crippen LogP contribution in [0.25, 0.3) is 0 Å². The molecule has 0 amide bonds. The highest BCUT2D eigenvalue weighted by atomic mass is 16.5. The molecule has 1 aromatic rings. The van der Waals surface area contributed by atoms with E-state index in [4.69, 9.17) is 15.6 Å². The van der Waals surface area contributed by atoms with Crippen LogP contribution in [0.4, 0.5) is 0 Å². The SMILES string of the molecule is C[C@@]1(N)C(O)[C@@H](CO)O[C@H]1n1ccc(=O)[nH]c1=O. The van der Waals surface area contributed by atoms with Crippen molar-refractivity contribution in [2.45, 2.75) is 30.9 Å². The van der Waals surface area contributed by atoms with Crippen molar-refractivity contribution in [2.24, 2.45) is 5.73 Å². The summed E-state index contributed by atoms with van der Waals surface area (Å²) >= 11 is 0. The number of nitrogens with zero attached hydrogens (tertiary/aromatic N) is 1. The number of aliphatic hydroxyl groups excluding tert-OH is 2. The Balaban J connectivity index is 2.45. The van der Waals surface area contributed by atoms with E-state index in [1.165, 1.54) is 13.1 Å². The van der Waals surface area contributed by atoms with Crippen LogP contribution in [0.1, 0.15) is 13.2 Å². The summed E-state index contributed by atoms with van der Waals surface area (Å²) in [6.45, 7) is 1.10. The first-order valence-electron chi connectivity index (χ1n) is 5.42. The Morgan fingerprint density at radius 2 is 2.28 bits per heavy atom. The summed E-state index contributed by atoms with van der Waals surface area (Å²) in [5.41, 5.74) is 3.46. The van der Waals surface area contributed by atoms with Gasteiger partial charge in [0.2, 0.25) is 0 Å². The average Bonchev–Trinajstić information content (AvgIpc) is 2.52. The summed E-state index contributed by atoms with van der Waals surface area (Å²) in [5.74, 6) is 0. The smallest absolute Gasteiger partial charge is 0.330 e. The van der Waals surface area contributed by atoms with Gasteiger partial charge in [0.05, 0.1) is 12.1 Å². The number of hydrogen-bond donors (Lipinski definition) is 4. The molecule has 1 fully saturated rings. The molecule has 8 heteroatoms. The maximum absolute atomic E-state index is 11.6. The molecule has 100 valence electrons. The first kappa shape index (κ1) is 13.0. The Labute approximate surface area is 102 Å². The van der Waals surface area contributed by atoms with Crippen LogP contribution in [-0.2, 0) is 4.74 Å². The summed E-state index contributed by atoms with van der Waals surface area (Å²) in [4.78, 5) is 24.7. The first-order chi connectivity index (χ1) is 8.37. The van der Waals surface area contributed by atoms with E-state index in [9.17, 15) is 14.7 Å². The Kier molecular flexibility index (Phi) is 3.11. The molecule has 0 spiro atoms. The minimum absolute atomic E-state index is 0.414. The number of nitrogens with two attached hydrogens (primary N) is 1. The molecule has 0 aromatic carbocycles. The number of ether oxygens (including phenoxy) is 1. The lowest BCUT2D eigenvalue weighted by Gasteiger charge is -2.28. The molecule has 18 heavy (non-hydrogen) atoms. The maximum Gasteiger partial charge on any atom is 0.330 e. The van der Waals surface area contributed by atoms with Crippen molar-refractivity contribution in [1.29, 1.82) is 0 Å². The van der Waals surface area contributed by atoms with Crippen molar-refractivity contribution >= 4 is 0 Å². The van der Waals surface area contributed by atoms with Gasteiger partial charge in [0.15, 0.2) is 6.23 Å². The van der Waals surface area contributed by atoms with Gasteiger partial charge in [-0.2, -0.15) is 0 Å². The van der Waals surface area contributed by atoms with E-state index < -0.39 is 41.8 Å². The number of nitrogens with one attached hydrogen (secondary N) is 1. The molecule has 0 radical (unpaired) electrons. The van der Waals surface area contributed by atoms with Crippen molar-refractivity contribution in [3.63, 3.8) is 0 Å². The predicted octanol–water partition coefficient (Wildman–Crippen LogP) is -2.50. The fraction of sp³-hybridized carbons (Fsp3) is 0.600. The van der Waals surface area contributed by atoms with Gasteiger partial charge >= 0.3 is 5.69 Å². The second-order valence-electron chi connectivity index (χ2n) is 4.54. The van der Waals surface area contributed by atoms with Gasteiger partial charge in [-0.05, 0) is 6.92 Å². The van der Waals surface area contributed by atoms with Gasteiger partial charge in [0, 0.05) is 12.3 Å². The van der Waals surface area contributed by atoms with Crippen molar-refractivity contribution in [3.8, 4) is 0 Å². The van der Waals surface area contributed by atoms with E-state index in [1.54, 1.807) is 0 Å². The number of aromatic amines is 1. The highest BCUT2D eigenvalue weighted by Gasteiger charge is 2.51. The van der Waals surface area contributed by atoms with Crippen molar-refractivity contribution in [1.82, 2.24) is 9.55 Å². The molecule has 0 bridgehead atoms. The summed E-state index contributed by atoms with van der Waals surface area (Å²) in [5, 5.41) is 19.0. The van der Waals surface area contributed by atoms with Crippen LogP contribution in [0.2, 0.25) is 0 Å². The van der Waals surface area contributed by atoms with Crippen LogP contribution in [0.3, 0.4) is 0 Å². The van der Waals surface area contributed by atoms with Gasteiger partial charge in [0.25, 0.3) is 5.56 Å². The monoisotopic (exact) mass is 257 g/mol. The predicted molar refractivity (Wildman–Crippen MR) is 60.9 cm³/mol. The molecule has 2 rings (SSSR count). The first-order valence-corrected chi connectivity index (χ1v) is 5.42. The van der Waals surface area contributed by atoms with Crippen LogP contribution in [-0.4, -0.2) is 44.1 Å². The molecular formula is C10H15N3O5. The van der Waals surface area contributed by atoms with Crippen molar-refractivity contribution < 1.29 is 14.9 Å². The largest absolute Gasteiger partial charge is 0.394 e. The minimum atomic E-state index is -1.25. The van der Waals surface area contributed by atoms with Crippen LogP contribution in [0, 0.1) is 0 Å². The van der Waals surface area contributed by atoms with E-state index in [-0.39, 0.29) is 0 Å². The van der Waals surface area contributed by atoms with Crippen LogP contribution >= 0.6 is 0 Å². The van der Waals surface area contributed by atoms with Gasteiger partial charge in [0.1, 0.15) is 12.2 Å². The van der Waals surface area contributed by atoms with Crippen LogP contribution in [0.5, 0.6) is 0 Å². The minimum Gasteiger partial charge on any atom is -0.394 e. The fourth-order valence-corrected chi connectivity index (χ4v) is 2.05. The standard InChI is InChI=1S/C10H15N3O5/c1-10(11)7(16)5(4-14)18-8(10)13-3-2-6(15)12-9(13)17/h2-3,5,7-8,14,16H,4,11H2,1H3,(H,12,15,17)/t5-,7?,8-,10-/m1/s1. The zero-order valence-electron chi connectivity index (χ0n) is 9.74. The Morgan fingerprint density at radius 3 is 2.78 bits per heavy atom. The maximum atomic E-state index is 11.6. The summed E-state index contributed by atoms with van der Waals surface area (Å²) in [6, 6.07) is 1.15. The molecule has 0 aliphatic carbocycles. The third-order valence-electron chi connectivity index (χ3n) is 3.11. The number of rotatable bonds is 2. The van der Waals surface area contributed by atoms with Gasteiger partial charge in [-0.15, -0.1) is 0 Å². The van der Waals surface area contributed by atoms with E-state index in [1.807, 2.05) is 0 Å². The molecule has 1 aromatic heterocycles. The average molecular weight is 257 g/mol. The number of aliphatic hydroxyl groups is 2. The van der Waals surface area contributed by atoms with Crippen molar-refractivity contribution in [3.05, 3.63) is 33.1 Å². The van der Waals surface area contributed by atoms with E-state index in [2.05, 4.69) is 4.98 Å². The zero-order valence-corrected chi connectivity index (χ0v) is 9.74. The lowest BCUT2D eigenvalue weighted by atomic mass is 9.93. The molecule has 1 aliphatic heterocycles. The Bertz CT molecular complexity index is 549. The molecule has 8 nitrogen and oxygen atoms in total. The second-order valence-corrected chi connectivity index (χ2v) is 4.54. The Morgan fingerprint density at radius 1 is 1.61 bits per heavy atom. The molecule has 1 aliphatic rings. The fourth-order valence-electron chi connectivity index (χ4n) is 2.05. The third-order valence-corrected chi connectivity index (χ3v) is 3.11. The van der Waals surface area contributed by atoms with E-state index >= 15 is 0 Å². The molecule has 2 heterocycles. The van der Waals surface area contributed by atoms with Gasteiger partial charge in [-0.3, -0.25) is 14.3 Å². The molecule has 5 N–H and O–H groups in total. The topological polar surface area (TPSA) is 131 Å². The van der Waals surface area contributed by atoms with Crippen LogP contribution in [0.15, 0.2) is 21.9 Å². The van der Waals surface area contributed by atoms with Gasteiger partial charge in [-0.1, -0.05) is 0 Å². The van der Waals surface area contributed by atoms with Gasteiger partial charge in [-0.25, -0.2) is 4.79 Å². The van der Waals surface area contributed by atoms with E-state index in [0.29, 0.717) is 0 Å². The number of H-pyrrole nitrogens is 1.